The zero-order valence-corrected chi connectivity index (χ0v) is 14.2. The molecule has 26 heavy (non-hydrogen) atoms. The van der Waals surface area contributed by atoms with Gasteiger partial charge in [0.15, 0.2) is 5.78 Å². The Hall–Kier alpha value is -2.70. The van der Waals surface area contributed by atoms with Crippen LogP contribution in [0.25, 0.3) is 0 Å². The number of ether oxygens (including phenoxy) is 2. The summed E-state index contributed by atoms with van der Waals surface area (Å²) in [7, 11) is 0. The second-order valence-corrected chi connectivity index (χ2v) is 6.34. The highest BCUT2D eigenvalue weighted by Crippen LogP contribution is 2.36. The Balaban J connectivity index is 1.60. The van der Waals surface area contributed by atoms with Crippen LogP contribution in [0.3, 0.4) is 0 Å². The van der Waals surface area contributed by atoms with Crippen LogP contribution in [-0.2, 0) is 4.74 Å². The van der Waals surface area contributed by atoms with Gasteiger partial charge in [0.2, 0.25) is 5.78 Å². The summed E-state index contributed by atoms with van der Waals surface area (Å²) in [6.07, 6.45) is 0. The highest BCUT2D eigenvalue weighted by Gasteiger charge is 2.34. The molecule has 6 nitrogen and oxygen atoms in total. The lowest BCUT2D eigenvalue weighted by molar-refractivity contribution is 0.0322. The van der Waals surface area contributed by atoms with Crippen molar-refractivity contribution in [1.29, 1.82) is 0 Å². The number of nitrogens with zero attached hydrogens (tertiary/aromatic N) is 1. The van der Waals surface area contributed by atoms with Crippen molar-refractivity contribution < 1.29 is 24.2 Å². The number of morpholine rings is 1. The second kappa shape index (κ2) is 6.90. The van der Waals surface area contributed by atoms with Crippen LogP contribution in [-0.4, -0.2) is 61.0 Å². The molecule has 4 rings (SSSR count). The molecular formula is C20H19NO5. The van der Waals surface area contributed by atoms with Gasteiger partial charge in [0.05, 0.1) is 24.3 Å². The van der Waals surface area contributed by atoms with Crippen LogP contribution in [0.15, 0.2) is 36.4 Å². The number of hydrogen-bond donors (Lipinski definition) is 1. The third-order valence-electron chi connectivity index (χ3n) is 4.78. The lowest BCUT2D eigenvalue weighted by Crippen LogP contribution is -2.38. The molecule has 2 aromatic carbocycles. The number of hydrogen-bond acceptors (Lipinski definition) is 6. The summed E-state index contributed by atoms with van der Waals surface area (Å²) in [6.45, 7) is 4.26. The first-order valence-electron chi connectivity index (χ1n) is 8.64. The Kier molecular flexibility index (Phi) is 4.44. The van der Waals surface area contributed by atoms with Crippen molar-refractivity contribution in [2.75, 3.05) is 39.5 Å². The first-order chi connectivity index (χ1) is 12.7. The predicted molar refractivity (Wildman–Crippen MR) is 94.2 cm³/mol. The normalized spacial score (nSPS) is 16.9. The summed E-state index contributed by atoms with van der Waals surface area (Å²) in [6, 6.07) is 9.56. The van der Waals surface area contributed by atoms with E-state index in [1.165, 1.54) is 6.07 Å². The van der Waals surface area contributed by atoms with Gasteiger partial charge < -0.3 is 14.6 Å². The van der Waals surface area contributed by atoms with E-state index in [0.29, 0.717) is 31.1 Å². The first-order valence-corrected chi connectivity index (χ1v) is 8.64. The lowest BCUT2D eigenvalue weighted by atomic mass is 9.83. The van der Waals surface area contributed by atoms with E-state index in [4.69, 9.17) is 9.47 Å². The Morgan fingerprint density at radius 3 is 2.42 bits per heavy atom. The molecule has 0 amide bonds. The van der Waals surface area contributed by atoms with Gasteiger partial charge in [-0.15, -0.1) is 0 Å². The maximum Gasteiger partial charge on any atom is 0.201 e. The summed E-state index contributed by atoms with van der Waals surface area (Å²) in [5.74, 6) is -0.462. The van der Waals surface area contributed by atoms with Crippen molar-refractivity contribution in [1.82, 2.24) is 4.90 Å². The number of phenolic OH excluding ortho intramolecular Hbond substituents is 1. The van der Waals surface area contributed by atoms with Gasteiger partial charge in [-0.05, 0) is 12.1 Å². The van der Waals surface area contributed by atoms with Crippen LogP contribution < -0.4 is 4.74 Å². The number of carbonyl (C=O) groups is 2. The fourth-order valence-electron chi connectivity index (χ4n) is 3.42. The standard InChI is InChI=1S/C20H19NO5/c22-15-5-1-3-13-17(15)20(24)18-14(19(13)23)4-2-6-16(18)26-12-9-21-7-10-25-11-8-21/h1-6,22H,7-12H2. The van der Waals surface area contributed by atoms with Crippen LogP contribution >= 0.6 is 0 Å². The number of benzene rings is 2. The molecule has 0 atom stereocenters. The molecule has 0 radical (unpaired) electrons. The van der Waals surface area contributed by atoms with Gasteiger partial charge in [0.25, 0.3) is 0 Å². The molecule has 1 saturated heterocycles. The molecule has 0 saturated carbocycles. The van der Waals surface area contributed by atoms with Crippen molar-refractivity contribution in [3.8, 4) is 11.5 Å². The minimum atomic E-state index is -0.380. The topological polar surface area (TPSA) is 76.1 Å². The molecular weight excluding hydrogens is 334 g/mol. The maximum atomic E-state index is 12.9. The van der Waals surface area contributed by atoms with E-state index in [2.05, 4.69) is 4.90 Å². The molecule has 0 spiro atoms. The summed E-state index contributed by atoms with van der Waals surface area (Å²) in [5, 5.41) is 10.1. The van der Waals surface area contributed by atoms with E-state index >= 15 is 0 Å². The molecule has 2 aliphatic rings. The molecule has 134 valence electrons. The van der Waals surface area contributed by atoms with Gasteiger partial charge in [0, 0.05) is 30.8 Å². The second-order valence-electron chi connectivity index (χ2n) is 6.34. The molecule has 6 heteroatoms. The van der Waals surface area contributed by atoms with Crippen LogP contribution in [0.5, 0.6) is 11.5 Å². The van der Waals surface area contributed by atoms with Crippen molar-refractivity contribution in [2.45, 2.75) is 0 Å². The van der Waals surface area contributed by atoms with Crippen molar-refractivity contribution in [2.24, 2.45) is 0 Å². The van der Waals surface area contributed by atoms with Gasteiger partial charge in [0.1, 0.15) is 18.1 Å². The number of ketones is 2. The van der Waals surface area contributed by atoms with Crippen molar-refractivity contribution in [3.05, 3.63) is 58.7 Å². The maximum absolute atomic E-state index is 12.9. The third kappa shape index (κ3) is 2.87. The average Bonchev–Trinajstić information content (AvgIpc) is 2.66. The SMILES string of the molecule is O=C1c2cccc(O)c2C(=O)c2c(OCCN3CCOCC3)cccc21. The molecule has 1 aliphatic carbocycles. The summed E-state index contributed by atoms with van der Waals surface area (Å²) in [4.78, 5) is 27.9. The minimum absolute atomic E-state index is 0.0502. The van der Waals surface area contributed by atoms with Crippen molar-refractivity contribution >= 4 is 11.6 Å². The minimum Gasteiger partial charge on any atom is -0.507 e. The Morgan fingerprint density at radius 2 is 1.65 bits per heavy atom. The molecule has 0 unspecified atom stereocenters. The molecule has 1 aliphatic heterocycles. The summed E-state index contributed by atoms with van der Waals surface area (Å²) >= 11 is 0. The first kappa shape index (κ1) is 16.8. The molecule has 0 aromatic heterocycles. The molecule has 0 bridgehead atoms. The highest BCUT2D eigenvalue weighted by atomic mass is 16.5. The Labute approximate surface area is 151 Å². The summed E-state index contributed by atoms with van der Waals surface area (Å²) in [5.41, 5.74) is 0.827. The number of carbonyl (C=O) groups excluding carboxylic acids is 2. The van der Waals surface area contributed by atoms with Gasteiger partial charge in [-0.3, -0.25) is 14.5 Å². The van der Waals surface area contributed by atoms with E-state index in [1.54, 1.807) is 30.3 Å². The molecule has 1 heterocycles. The average molecular weight is 353 g/mol. The van der Waals surface area contributed by atoms with Crippen molar-refractivity contribution in [3.63, 3.8) is 0 Å². The highest BCUT2D eigenvalue weighted by molar-refractivity contribution is 6.30. The van der Waals surface area contributed by atoms with E-state index < -0.39 is 0 Å². The van der Waals surface area contributed by atoms with E-state index in [9.17, 15) is 14.7 Å². The fraction of sp³-hybridized carbons (Fsp3) is 0.300. The fourth-order valence-corrected chi connectivity index (χ4v) is 3.42. The summed E-state index contributed by atoms with van der Waals surface area (Å²) < 4.78 is 11.2. The number of aromatic hydroxyl groups is 1. The quantitative estimate of drug-likeness (QED) is 0.772. The van der Waals surface area contributed by atoms with E-state index in [1.807, 2.05) is 0 Å². The molecule has 1 N–H and O–H groups in total. The Morgan fingerprint density at radius 1 is 0.962 bits per heavy atom. The number of phenols is 1. The van der Waals surface area contributed by atoms with Gasteiger partial charge in [-0.25, -0.2) is 0 Å². The van der Waals surface area contributed by atoms with Crippen LogP contribution in [0, 0.1) is 0 Å². The van der Waals surface area contributed by atoms with E-state index in [0.717, 1.165) is 19.6 Å². The van der Waals surface area contributed by atoms with Gasteiger partial charge >= 0.3 is 0 Å². The van der Waals surface area contributed by atoms with Crippen LogP contribution in [0.1, 0.15) is 31.8 Å². The number of rotatable bonds is 4. The third-order valence-corrected chi connectivity index (χ3v) is 4.78. The molecule has 2 aromatic rings. The predicted octanol–water partition coefficient (Wildman–Crippen LogP) is 1.88. The zero-order valence-electron chi connectivity index (χ0n) is 14.2. The van der Waals surface area contributed by atoms with Crippen LogP contribution in [0.4, 0.5) is 0 Å². The van der Waals surface area contributed by atoms with Gasteiger partial charge in [-0.1, -0.05) is 24.3 Å². The lowest BCUT2D eigenvalue weighted by Gasteiger charge is -2.27. The largest absolute Gasteiger partial charge is 0.507 e. The van der Waals surface area contributed by atoms with Crippen LogP contribution in [0.2, 0.25) is 0 Å². The Bertz CT molecular complexity index is 871. The monoisotopic (exact) mass is 353 g/mol. The smallest absolute Gasteiger partial charge is 0.201 e. The van der Waals surface area contributed by atoms with E-state index in [-0.39, 0.29) is 34.0 Å². The van der Waals surface area contributed by atoms with Gasteiger partial charge in [-0.2, -0.15) is 0 Å². The zero-order chi connectivity index (χ0) is 18.1. The number of fused-ring (bicyclic) bond motifs is 2. The molecule has 1 fully saturated rings.